The van der Waals surface area contributed by atoms with E-state index in [2.05, 4.69) is 15.1 Å². The lowest BCUT2D eigenvalue weighted by atomic mass is 10.4. The van der Waals surface area contributed by atoms with Crippen molar-refractivity contribution in [3.63, 3.8) is 0 Å². The van der Waals surface area contributed by atoms with Gasteiger partial charge in [-0.3, -0.25) is 4.21 Å². The topological polar surface area (TPSA) is 46.1 Å². The van der Waals surface area contributed by atoms with Gasteiger partial charge in [0.1, 0.15) is 0 Å². The Morgan fingerprint density at radius 2 is 2.00 bits per heavy atom. The first-order valence-electron chi connectivity index (χ1n) is 4.35. The van der Waals surface area contributed by atoms with Crippen LogP contribution in [-0.4, -0.2) is 39.0 Å². The Morgan fingerprint density at radius 3 is 2.57 bits per heavy atom. The van der Waals surface area contributed by atoms with Crippen LogP contribution in [-0.2, 0) is 10.8 Å². The average Bonchev–Trinajstić information content (AvgIpc) is 2.21. The van der Waals surface area contributed by atoms with Crippen molar-refractivity contribution in [1.82, 2.24) is 10.2 Å². The molecule has 1 saturated heterocycles. The maximum absolute atomic E-state index is 11.1. The quantitative estimate of drug-likeness (QED) is 0.714. The lowest BCUT2D eigenvalue weighted by Gasteiger charge is -2.26. The third kappa shape index (κ3) is 2.22. The zero-order chi connectivity index (χ0) is 9.97. The minimum atomic E-state index is -0.655. The Hall–Kier alpha value is -0.680. The second-order valence-electron chi connectivity index (χ2n) is 3.05. The molecule has 0 aromatic carbocycles. The fourth-order valence-corrected chi connectivity index (χ4v) is 2.50. The van der Waals surface area contributed by atoms with Crippen molar-refractivity contribution < 1.29 is 4.21 Å². The molecule has 6 heteroatoms. The molecule has 1 aliphatic rings. The fraction of sp³-hybridized carbons (Fsp3) is 0.500. The SMILES string of the molecule is O=S1CCN(c2ccc(Cl)nn2)CC1. The van der Waals surface area contributed by atoms with E-state index in [1.54, 1.807) is 6.07 Å². The van der Waals surface area contributed by atoms with Crippen LogP contribution in [0.3, 0.4) is 0 Å². The van der Waals surface area contributed by atoms with E-state index in [-0.39, 0.29) is 0 Å². The van der Waals surface area contributed by atoms with Gasteiger partial charge in [0.2, 0.25) is 0 Å². The Morgan fingerprint density at radius 1 is 1.29 bits per heavy atom. The van der Waals surface area contributed by atoms with Gasteiger partial charge < -0.3 is 4.90 Å². The molecule has 2 heterocycles. The summed E-state index contributed by atoms with van der Waals surface area (Å²) in [6.07, 6.45) is 0. The number of hydrogen-bond donors (Lipinski definition) is 0. The van der Waals surface area contributed by atoms with Gasteiger partial charge >= 0.3 is 0 Å². The van der Waals surface area contributed by atoms with Crippen LogP contribution in [0, 0.1) is 0 Å². The molecule has 1 aliphatic heterocycles. The summed E-state index contributed by atoms with van der Waals surface area (Å²) in [6.45, 7) is 1.56. The molecule has 0 aliphatic carbocycles. The molecule has 0 spiro atoms. The van der Waals surface area contributed by atoms with Crippen molar-refractivity contribution in [2.45, 2.75) is 0 Å². The number of rotatable bonds is 1. The van der Waals surface area contributed by atoms with Gasteiger partial charge in [0.25, 0.3) is 0 Å². The van der Waals surface area contributed by atoms with Crippen LogP contribution >= 0.6 is 11.6 Å². The van der Waals surface area contributed by atoms with Crippen LogP contribution in [0.5, 0.6) is 0 Å². The third-order valence-electron chi connectivity index (χ3n) is 2.12. The molecule has 14 heavy (non-hydrogen) atoms. The summed E-state index contributed by atoms with van der Waals surface area (Å²) in [6, 6.07) is 3.55. The molecular formula is C8H10ClN3OS. The predicted octanol–water partition coefficient (Wildman–Crippen LogP) is 0.699. The first kappa shape index (κ1) is 9.86. The van der Waals surface area contributed by atoms with Crippen molar-refractivity contribution in [2.24, 2.45) is 0 Å². The normalized spacial score (nSPS) is 18.5. The Bertz CT molecular complexity index is 333. The van der Waals surface area contributed by atoms with Crippen molar-refractivity contribution in [1.29, 1.82) is 0 Å². The molecule has 1 aromatic heterocycles. The monoisotopic (exact) mass is 231 g/mol. The summed E-state index contributed by atoms with van der Waals surface area (Å²) < 4.78 is 11.1. The van der Waals surface area contributed by atoms with E-state index in [1.807, 2.05) is 6.07 Å². The molecule has 0 atom stereocenters. The van der Waals surface area contributed by atoms with Gasteiger partial charge in [-0.2, -0.15) is 0 Å². The summed E-state index contributed by atoms with van der Waals surface area (Å²) in [4.78, 5) is 2.07. The number of aromatic nitrogens is 2. The summed E-state index contributed by atoms with van der Waals surface area (Å²) in [5, 5.41) is 8.14. The minimum absolute atomic E-state index is 0.398. The van der Waals surface area contributed by atoms with E-state index >= 15 is 0 Å². The maximum atomic E-state index is 11.1. The van der Waals surface area contributed by atoms with Crippen LogP contribution in [0.25, 0.3) is 0 Å². The molecule has 2 rings (SSSR count). The molecule has 0 amide bonds. The molecule has 0 unspecified atom stereocenters. The second-order valence-corrected chi connectivity index (χ2v) is 5.13. The van der Waals surface area contributed by atoms with E-state index in [0.717, 1.165) is 18.9 Å². The lowest BCUT2D eigenvalue weighted by molar-refractivity contribution is 0.672. The van der Waals surface area contributed by atoms with Crippen LogP contribution in [0.2, 0.25) is 5.15 Å². The number of halogens is 1. The zero-order valence-corrected chi connectivity index (χ0v) is 9.09. The van der Waals surface area contributed by atoms with Crippen molar-refractivity contribution >= 4 is 28.2 Å². The largest absolute Gasteiger partial charge is 0.353 e. The van der Waals surface area contributed by atoms with Crippen molar-refractivity contribution in [3.05, 3.63) is 17.3 Å². The highest BCUT2D eigenvalue weighted by molar-refractivity contribution is 7.85. The molecule has 0 bridgehead atoms. The lowest BCUT2D eigenvalue weighted by Crippen LogP contribution is -2.38. The number of anilines is 1. The molecule has 1 aromatic rings. The van der Waals surface area contributed by atoms with Gasteiger partial charge in [0.15, 0.2) is 11.0 Å². The first-order valence-corrected chi connectivity index (χ1v) is 6.21. The smallest absolute Gasteiger partial charge is 0.151 e. The summed E-state index contributed by atoms with van der Waals surface area (Å²) in [5.74, 6) is 2.24. The van der Waals surface area contributed by atoms with E-state index in [4.69, 9.17) is 11.6 Å². The fourth-order valence-electron chi connectivity index (χ4n) is 1.34. The molecule has 0 saturated carbocycles. The van der Waals surface area contributed by atoms with E-state index in [1.165, 1.54) is 0 Å². The molecule has 1 fully saturated rings. The van der Waals surface area contributed by atoms with Crippen LogP contribution in [0.1, 0.15) is 0 Å². The van der Waals surface area contributed by atoms with Gasteiger partial charge in [-0.1, -0.05) is 11.6 Å². The Balaban J connectivity index is 2.08. The standard InChI is InChI=1S/C8H10ClN3OS/c9-7-1-2-8(11-10-7)12-3-5-14(13)6-4-12/h1-2H,3-6H2. The maximum Gasteiger partial charge on any atom is 0.151 e. The first-order chi connectivity index (χ1) is 6.75. The van der Waals surface area contributed by atoms with Crippen molar-refractivity contribution in [3.8, 4) is 0 Å². The Labute approximate surface area is 89.7 Å². The van der Waals surface area contributed by atoms with Gasteiger partial charge in [0.05, 0.1) is 0 Å². The highest BCUT2D eigenvalue weighted by atomic mass is 35.5. The minimum Gasteiger partial charge on any atom is -0.353 e. The average molecular weight is 232 g/mol. The van der Waals surface area contributed by atoms with Gasteiger partial charge in [-0.05, 0) is 12.1 Å². The molecule has 0 N–H and O–H groups in total. The predicted molar refractivity (Wildman–Crippen MR) is 57.1 cm³/mol. The van der Waals surface area contributed by atoms with E-state index in [0.29, 0.717) is 16.7 Å². The van der Waals surface area contributed by atoms with E-state index in [9.17, 15) is 4.21 Å². The summed E-state index contributed by atoms with van der Waals surface area (Å²) >= 11 is 5.63. The summed E-state index contributed by atoms with van der Waals surface area (Å²) in [7, 11) is -0.655. The number of nitrogens with zero attached hydrogens (tertiary/aromatic N) is 3. The van der Waals surface area contributed by atoms with Crippen molar-refractivity contribution in [2.75, 3.05) is 29.5 Å². The molecular weight excluding hydrogens is 222 g/mol. The van der Waals surface area contributed by atoms with Crippen LogP contribution in [0.15, 0.2) is 12.1 Å². The van der Waals surface area contributed by atoms with E-state index < -0.39 is 10.8 Å². The second kappa shape index (κ2) is 4.23. The van der Waals surface area contributed by atoms with Gasteiger partial charge in [-0.15, -0.1) is 10.2 Å². The Kier molecular flexibility index (Phi) is 2.98. The van der Waals surface area contributed by atoms with Crippen LogP contribution in [0.4, 0.5) is 5.82 Å². The highest BCUT2D eigenvalue weighted by Gasteiger charge is 2.16. The third-order valence-corrected chi connectivity index (χ3v) is 3.60. The highest BCUT2D eigenvalue weighted by Crippen LogP contribution is 2.13. The zero-order valence-electron chi connectivity index (χ0n) is 7.52. The summed E-state index contributed by atoms with van der Waals surface area (Å²) in [5.41, 5.74) is 0. The molecule has 76 valence electrons. The molecule has 0 radical (unpaired) electrons. The van der Waals surface area contributed by atoms with Crippen LogP contribution < -0.4 is 4.90 Å². The number of hydrogen-bond acceptors (Lipinski definition) is 4. The van der Waals surface area contributed by atoms with Gasteiger partial charge in [-0.25, -0.2) is 0 Å². The molecule has 4 nitrogen and oxygen atoms in total. The van der Waals surface area contributed by atoms with Gasteiger partial charge in [0, 0.05) is 35.4 Å².